The third kappa shape index (κ3) is 3.23. The van der Waals surface area contributed by atoms with Crippen LogP contribution in [-0.2, 0) is 0 Å². The van der Waals surface area contributed by atoms with Crippen LogP contribution in [0.1, 0.15) is 12.8 Å². The van der Waals surface area contributed by atoms with Gasteiger partial charge in [-0.3, -0.25) is 0 Å². The van der Waals surface area contributed by atoms with E-state index in [1.807, 2.05) is 23.2 Å². The first kappa shape index (κ1) is 12.4. The number of thioether (sulfide) groups is 1. The second-order valence-corrected chi connectivity index (χ2v) is 5.59. The Balaban J connectivity index is 2.00. The monoisotopic (exact) mass is 268 g/mol. The summed E-state index contributed by atoms with van der Waals surface area (Å²) < 4.78 is 1.09. The zero-order chi connectivity index (χ0) is 12.1. The van der Waals surface area contributed by atoms with Crippen molar-refractivity contribution in [2.45, 2.75) is 12.8 Å². The van der Waals surface area contributed by atoms with Crippen molar-refractivity contribution in [3.63, 3.8) is 0 Å². The minimum Gasteiger partial charge on any atom is -0.369 e. The van der Waals surface area contributed by atoms with Crippen molar-refractivity contribution in [1.29, 1.82) is 0 Å². The Bertz CT molecular complexity index is 483. The van der Waals surface area contributed by atoms with Gasteiger partial charge in [-0.1, -0.05) is 0 Å². The first-order valence-electron chi connectivity index (χ1n) is 5.55. The Morgan fingerprint density at radius 3 is 3.12 bits per heavy atom. The number of anilines is 2. The van der Waals surface area contributed by atoms with Crippen LogP contribution in [0.4, 0.5) is 11.8 Å². The van der Waals surface area contributed by atoms with Gasteiger partial charge in [0.2, 0.25) is 5.95 Å². The molecule has 0 radical (unpaired) electrons. The Labute approximate surface area is 109 Å². The number of fused-ring (bicyclic) bond motifs is 1. The van der Waals surface area contributed by atoms with Crippen LogP contribution >= 0.6 is 23.1 Å². The van der Waals surface area contributed by atoms with Crippen molar-refractivity contribution in [3.8, 4) is 0 Å². The van der Waals surface area contributed by atoms with Gasteiger partial charge in [0.05, 0.1) is 10.2 Å². The molecule has 2 aromatic rings. The van der Waals surface area contributed by atoms with Gasteiger partial charge in [0.15, 0.2) is 0 Å². The van der Waals surface area contributed by atoms with Crippen LogP contribution in [0.25, 0.3) is 10.2 Å². The minimum absolute atomic E-state index is 0.336. The molecule has 0 amide bonds. The van der Waals surface area contributed by atoms with Crippen molar-refractivity contribution < 1.29 is 0 Å². The highest BCUT2D eigenvalue weighted by Gasteiger charge is 2.06. The third-order valence-corrected chi connectivity index (χ3v) is 4.00. The molecule has 17 heavy (non-hydrogen) atoms. The van der Waals surface area contributed by atoms with Crippen molar-refractivity contribution in [2.75, 3.05) is 29.6 Å². The maximum Gasteiger partial charge on any atom is 0.222 e. The summed E-state index contributed by atoms with van der Waals surface area (Å²) in [5.74, 6) is 2.41. The number of rotatable bonds is 6. The van der Waals surface area contributed by atoms with Crippen LogP contribution in [0.2, 0.25) is 0 Å². The zero-order valence-corrected chi connectivity index (χ0v) is 11.4. The molecule has 6 heteroatoms. The number of nitrogens with two attached hydrogens (primary N) is 1. The molecule has 0 spiro atoms. The fourth-order valence-electron chi connectivity index (χ4n) is 1.58. The van der Waals surface area contributed by atoms with Crippen molar-refractivity contribution >= 4 is 45.1 Å². The molecule has 0 aliphatic rings. The second-order valence-electron chi connectivity index (χ2n) is 3.69. The number of nitrogens with zero attached hydrogens (tertiary/aromatic N) is 2. The van der Waals surface area contributed by atoms with E-state index in [2.05, 4.69) is 21.5 Å². The summed E-state index contributed by atoms with van der Waals surface area (Å²) in [6, 6.07) is 1.97. The molecule has 3 N–H and O–H groups in total. The Hall–Kier alpha value is -1.01. The fraction of sp³-hybridized carbons (Fsp3) is 0.455. The smallest absolute Gasteiger partial charge is 0.222 e. The molecule has 0 bridgehead atoms. The molecule has 2 rings (SSSR count). The lowest BCUT2D eigenvalue weighted by atomic mass is 10.3. The Morgan fingerprint density at radius 1 is 1.41 bits per heavy atom. The lowest BCUT2D eigenvalue weighted by Gasteiger charge is -2.06. The van der Waals surface area contributed by atoms with Gasteiger partial charge in [0, 0.05) is 6.54 Å². The SMILES string of the molecule is CSCCCCNc1nc(N)nc2ccsc12. The van der Waals surface area contributed by atoms with E-state index in [1.165, 1.54) is 12.2 Å². The van der Waals surface area contributed by atoms with Crippen molar-refractivity contribution in [3.05, 3.63) is 11.4 Å². The van der Waals surface area contributed by atoms with Crippen LogP contribution in [0.15, 0.2) is 11.4 Å². The summed E-state index contributed by atoms with van der Waals surface area (Å²) >= 11 is 3.53. The molecule has 2 heterocycles. The summed E-state index contributed by atoms with van der Waals surface area (Å²) in [6.45, 7) is 0.935. The van der Waals surface area contributed by atoms with Gasteiger partial charge in [-0.25, -0.2) is 4.98 Å². The van der Waals surface area contributed by atoms with Crippen LogP contribution in [0.5, 0.6) is 0 Å². The Morgan fingerprint density at radius 2 is 2.29 bits per heavy atom. The topological polar surface area (TPSA) is 63.8 Å². The zero-order valence-electron chi connectivity index (χ0n) is 9.77. The molecule has 4 nitrogen and oxygen atoms in total. The summed E-state index contributed by atoms with van der Waals surface area (Å²) in [6.07, 6.45) is 4.51. The molecule has 0 aliphatic heterocycles. The average Bonchev–Trinajstić information content (AvgIpc) is 2.76. The summed E-state index contributed by atoms with van der Waals surface area (Å²) in [4.78, 5) is 8.44. The molecule has 0 atom stereocenters. The predicted octanol–water partition coefficient (Wildman–Crippen LogP) is 2.83. The van der Waals surface area contributed by atoms with Gasteiger partial charge >= 0.3 is 0 Å². The van der Waals surface area contributed by atoms with E-state index < -0.39 is 0 Å². The van der Waals surface area contributed by atoms with E-state index in [4.69, 9.17) is 5.73 Å². The predicted molar refractivity (Wildman–Crippen MR) is 77.9 cm³/mol. The largest absolute Gasteiger partial charge is 0.369 e. The summed E-state index contributed by atoms with van der Waals surface area (Å²) in [7, 11) is 0. The van der Waals surface area contributed by atoms with E-state index >= 15 is 0 Å². The van der Waals surface area contributed by atoms with Gasteiger partial charge in [-0.2, -0.15) is 16.7 Å². The van der Waals surface area contributed by atoms with E-state index in [-0.39, 0.29) is 0 Å². The Kier molecular flexibility index (Phi) is 4.44. The van der Waals surface area contributed by atoms with Crippen LogP contribution in [0.3, 0.4) is 0 Å². The molecule has 0 saturated heterocycles. The number of thiophene rings is 1. The summed E-state index contributed by atoms with van der Waals surface area (Å²) in [5, 5.41) is 5.36. The first-order chi connectivity index (χ1) is 8.31. The van der Waals surface area contributed by atoms with Crippen LogP contribution < -0.4 is 11.1 Å². The average molecular weight is 268 g/mol. The molecule has 0 saturated carbocycles. The quantitative estimate of drug-likeness (QED) is 0.789. The number of nitrogen functional groups attached to an aromatic ring is 1. The molecular formula is C11H16N4S2. The highest BCUT2D eigenvalue weighted by Crippen LogP contribution is 2.26. The van der Waals surface area contributed by atoms with Crippen LogP contribution in [0, 0.1) is 0 Å². The van der Waals surface area contributed by atoms with Crippen LogP contribution in [-0.4, -0.2) is 28.5 Å². The molecule has 0 fully saturated rings. The minimum atomic E-state index is 0.336. The number of aromatic nitrogens is 2. The lowest BCUT2D eigenvalue weighted by Crippen LogP contribution is -2.06. The highest BCUT2D eigenvalue weighted by atomic mass is 32.2. The van der Waals surface area contributed by atoms with Crippen molar-refractivity contribution in [2.24, 2.45) is 0 Å². The molecule has 0 aliphatic carbocycles. The van der Waals surface area contributed by atoms with Gasteiger partial charge < -0.3 is 11.1 Å². The second kappa shape index (κ2) is 6.07. The molecule has 92 valence electrons. The van der Waals surface area contributed by atoms with Gasteiger partial charge in [-0.15, -0.1) is 11.3 Å². The number of nitrogens with one attached hydrogen (secondary N) is 1. The number of hydrogen-bond acceptors (Lipinski definition) is 6. The van der Waals surface area contributed by atoms with E-state index in [0.29, 0.717) is 5.95 Å². The fourth-order valence-corrected chi connectivity index (χ4v) is 2.87. The van der Waals surface area contributed by atoms with E-state index in [9.17, 15) is 0 Å². The number of hydrogen-bond donors (Lipinski definition) is 2. The summed E-state index contributed by atoms with van der Waals surface area (Å²) in [5.41, 5.74) is 6.60. The molecule has 0 aromatic carbocycles. The normalized spacial score (nSPS) is 10.9. The highest BCUT2D eigenvalue weighted by molar-refractivity contribution is 7.98. The first-order valence-corrected chi connectivity index (χ1v) is 7.82. The van der Waals surface area contributed by atoms with Gasteiger partial charge in [-0.05, 0) is 36.3 Å². The molecule has 0 unspecified atom stereocenters. The number of unbranched alkanes of at least 4 members (excludes halogenated alkanes) is 1. The van der Waals surface area contributed by atoms with E-state index in [1.54, 1.807) is 11.3 Å². The third-order valence-electron chi connectivity index (χ3n) is 2.39. The van der Waals surface area contributed by atoms with Gasteiger partial charge in [0.1, 0.15) is 5.82 Å². The molecular weight excluding hydrogens is 252 g/mol. The lowest BCUT2D eigenvalue weighted by molar-refractivity contribution is 0.841. The van der Waals surface area contributed by atoms with Crippen molar-refractivity contribution in [1.82, 2.24) is 9.97 Å². The van der Waals surface area contributed by atoms with E-state index in [0.717, 1.165) is 29.0 Å². The maximum absolute atomic E-state index is 5.67. The van der Waals surface area contributed by atoms with Gasteiger partial charge in [0.25, 0.3) is 0 Å². The molecule has 2 aromatic heterocycles. The maximum atomic E-state index is 5.67. The standard InChI is InChI=1S/C11H16N4S2/c1-16-6-3-2-5-13-10-9-8(4-7-17-9)14-11(12)15-10/h4,7H,2-3,5-6H2,1H3,(H3,12,13,14,15).